The monoisotopic (exact) mass is 289 g/mol. The Labute approximate surface area is 123 Å². The lowest BCUT2D eigenvalue weighted by Crippen LogP contribution is -2.04. The first-order valence-electron chi connectivity index (χ1n) is 6.33. The predicted octanol–water partition coefficient (Wildman–Crippen LogP) is 3.08. The van der Waals surface area contributed by atoms with Gasteiger partial charge in [-0.05, 0) is 36.7 Å². The molecule has 0 aliphatic carbocycles. The van der Waals surface area contributed by atoms with Crippen LogP contribution in [0.2, 0.25) is 5.02 Å². The Morgan fingerprint density at radius 1 is 1.15 bits per heavy atom. The van der Waals surface area contributed by atoms with Gasteiger partial charge < -0.3 is 10.5 Å². The van der Waals surface area contributed by atoms with Gasteiger partial charge in [-0.3, -0.25) is 4.79 Å². The smallest absolute Gasteiger partial charge is 0.193 e. The van der Waals surface area contributed by atoms with Crippen LogP contribution in [0.4, 0.5) is 0 Å². The second kappa shape index (κ2) is 6.55. The van der Waals surface area contributed by atoms with Crippen LogP contribution >= 0.6 is 11.6 Å². The van der Waals surface area contributed by atoms with Crippen molar-refractivity contribution < 1.29 is 9.53 Å². The molecule has 104 valence electrons. The summed E-state index contributed by atoms with van der Waals surface area (Å²) < 4.78 is 5.12. The van der Waals surface area contributed by atoms with Crippen LogP contribution in [0, 0.1) is 0 Å². The van der Waals surface area contributed by atoms with Crippen molar-refractivity contribution in [3.8, 4) is 5.75 Å². The maximum Gasteiger partial charge on any atom is 0.193 e. The van der Waals surface area contributed by atoms with Gasteiger partial charge in [-0.2, -0.15) is 0 Å². The summed E-state index contributed by atoms with van der Waals surface area (Å²) in [5.41, 5.74) is 7.81. The molecule has 2 rings (SSSR count). The first kappa shape index (κ1) is 14.6. The zero-order valence-electron chi connectivity index (χ0n) is 11.2. The third-order valence-corrected chi connectivity index (χ3v) is 3.37. The lowest BCUT2D eigenvalue weighted by molar-refractivity contribution is 0.103. The summed E-state index contributed by atoms with van der Waals surface area (Å²) >= 11 is 5.95. The molecule has 2 aromatic carbocycles. The Morgan fingerprint density at radius 3 is 2.40 bits per heavy atom. The number of benzene rings is 2. The molecule has 0 atom stereocenters. The molecule has 4 heteroatoms. The molecule has 0 spiro atoms. The third kappa shape index (κ3) is 3.18. The van der Waals surface area contributed by atoms with Crippen LogP contribution in [0.5, 0.6) is 5.75 Å². The standard InChI is InChI=1S/C16H16ClNO2/c1-20-15-10-13(6-7-14(15)17)16(19)12-4-2-11(3-5-12)8-9-18/h2-7,10H,8-9,18H2,1H3. The molecule has 0 saturated heterocycles. The summed E-state index contributed by atoms with van der Waals surface area (Å²) in [6.07, 6.45) is 0.809. The van der Waals surface area contributed by atoms with E-state index >= 15 is 0 Å². The van der Waals surface area contributed by atoms with Gasteiger partial charge in [0, 0.05) is 11.1 Å². The lowest BCUT2D eigenvalue weighted by Gasteiger charge is -2.07. The molecule has 0 bridgehead atoms. The Balaban J connectivity index is 2.26. The second-order valence-corrected chi connectivity index (χ2v) is 4.82. The molecular weight excluding hydrogens is 274 g/mol. The van der Waals surface area contributed by atoms with Crippen LogP contribution in [-0.4, -0.2) is 19.4 Å². The van der Waals surface area contributed by atoms with Gasteiger partial charge in [-0.15, -0.1) is 0 Å². The fourth-order valence-electron chi connectivity index (χ4n) is 1.96. The summed E-state index contributed by atoms with van der Waals surface area (Å²) in [5, 5.41) is 0.488. The molecule has 0 heterocycles. The van der Waals surface area contributed by atoms with Crippen LogP contribution < -0.4 is 10.5 Å². The van der Waals surface area contributed by atoms with Crippen molar-refractivity contribution in [1.82, 2.24) is 0 Å². The fourth-order valence-corrected chi connectivity index (χ4v) is 2.15. The average Bonchev–Trinajstić information content (AvgIpc) is 2.48. The predicted molar refractivity (Wildman–Crippen MR) is 80.6 cm³/mol. The van der Waals surface area contributed by atoms with Crippen LogP contribution in [0.3, 0.4) is 0 Å². The highest BCUT2D eigenvalue weighted by Gasteiger charge is 2.11. The lowest BCUT2D eigenvalue weighted by atomic mass is 10.0. The molecule has 0 amide bonds. The quantitative estimate of drug-likeness (QED) is 0.861. The molecule has 0 radical (unpaired) electrons. The number of carbonyl (C=O) groups excluding carboxylic acids is 1. The number of ether oxygens (including phenoxy) is 1. The molecule has 0 aromatic heterocycles. The van der Waals surface area contributed by atoms with Gasteiger partial charge in [-0.1, -0.05) is 35.9 Å². The Hall–Kier alpha value is -1.84. The molecule has 3 nitrogen and oxygen atoms in total. The molecule has 0 saturated carbocycles. The van der Waals surface area contributed by atoms with E-state index in [9.17, 15) is 4.79 Å². The molecule has 20 heavy (non-hydrogen) atoms. The van der Waals surface area contributed by atoms with Gasteiger partial charge in [-0.25, -0.2) is 0 Å². The summed E-state index contributed by atoms with van der Waals surface area (Å²) in [6, 6.07) is 12.5. The number of methoxy groups -OCH3 is 1. The fraction of sp³-hybridized carbons (Fsp3) is 0.188. The van der Waals surface area contributed by atoms with Gasteiger partial charge in [0.1, 0.15) is 5.75 Å². The molecule has 2 N–H and O–H groups in total. The summed E-state index contributed by atoms with van der Waals surface area (Å²) in [5.74, 6) is 0.441. The Bertz CT molecular complexity index is 608. The highest BCUT2D eigenvalue weighted by atomic mass is 35.5. The first-order valence-corrected chi connectivity index (χ1v) is 6.70. The molecular formula is C16H16ClNO2. The number of carbonyl (C=O) groups is 1. The molecule has 0 aliphatic heterocycles. The minimum atomic E-state index is -0.0562. The Morgan fingerprint density at radius 2 is 1.80 bits per heavy atom. The minimum Gasteiger partial charge on any atom is -0.495 e. The van der Waals surface area contributed by atoms with Crippen molar-refractivity contribution in [3.63, 3.8) is 0 Å². The summed E-state index contributed by atoms with van der Waals surface area (Å²) in [4.78, 5) is 12.4. The largest absolute Gasteiger partial charge is 0.495 e. The zero-order valence-corrected chi connectivity index (χ0v) is 12.0. The van der Waals surface area contributed by atoms with E-state index in [-0.39, 0.29) is 5.78 Å². The van der Waals surface area contributed by atoms with Gasteiger partial charge in [0.25, 0.3) is 0 Å². The van der Waals surface area contributed by atoms with Gasteiger partial charge in [0.2, 0.25) is 0 Å². The van der Waals surface area contributed by atoms with Crippen molar-refractivity contribution in [2.24, 2.45) is 5.73 Å². The summed E-state index contributed by atoms with van der Waals surface area (Å²) in [6.45, 7) is 0.599. The van der Waals surface area contributed by atoms with Crippen LogP contribution in [0.25, 0.3) is 0 Å². The molecule has 0 unspecified atom stereocenters. The van der Waals surface area contributed by atoms with E-state index in [4.69, 9.17) is 22.1 Å². The number of nitrogens with two attached hydrogens (primary N) is 1. The number of hydrogen-bond donors (Lipinski definition) is 1. The third-order valence-electron chi connectivity index (χ3n) is 3.06. The van der Waals surface area contributed by atoms with E-state index in [0.717, 1.165) is 12.0 Å². The second-order valence-electron chi connectivity index (χ2n) is 4.41. The van der Waals surface area contributed by atoms with Crippen LogP contribution in [0.1, 0.15) is 21.5 Å². The van der Waals surface area contributed by atoms with Gasteiger partial charge in [0.05, 0.1) is 12.1 Å². The molecule has 2 aromatic rings. The zero-order chi connectivity index (χ0) is 14.5. The van der Waals surface area contributed by atoms with E-state index in [1.165, 1.54) is 7.11 Å². The number of rotatable bonds is 5. The van der Waals surface area contributed by atoms with Gasteiger partial charge >= 0.3 is 0 Å². The average molecular weight is 290 g/mol. The minimum absolute atomic E-state index is 0.0562. The maximum atomic E-state index is 12.4. The topological polar surface area (TPSA) is 52.3 Å². The highest BCUT2D eigenvalue weighted by Crippen LogP contribution is 2.26. The number of halogens is 1. The van der Waals surface area contributed by atoms with E-state index in [1.54, 1.807) is 18.2 Å². The van der Waals surface area contributed by atoms with E-state index in [0.29, 0.717) is 28.4 Å². The van der Waals surface area contributed by atoms with Crippen molar-refractivity contribution >= 4 is 17.4 Å². The Kier molecular flexibility index (Phi) is 4.77. The van der Waals surface area contributed by atoms with Crippen LogP contribution in [0.15, 0.2) is 42.5 Å². The molecule has 0 aliphatic rings. The molecule has 0 fully saturated rings. The van der Waals surface area contributed by atoms with Crippen molar-refractivity contribution in [1.29, 1.82) is 0 Å². The van der Waals surface area contributed by atoms with E-state index < -0.39 is 0 Å². The van der Waals surface area contributed by atoms with Crippen molar-refractivity contribution in [2.75, 3.05) is 13.7 Å². The van der Waals surface area contributed by atoms with Crippen molar-refractivity contribution in [2.45, 2.75) is 6.42 Å². The maximum absolute atomic E-state index is 12.4. The summed E-state index contributed by atoms with van der Waals surface area (Å²) in [7, 11) is 1.52. The number of ketones is 1. The van der Waals surface area contributed by atoms with Crippen LogP contribution in [-0.2, 0) is 6.42 Å². The van der Waals surface area contributed by atoms with E-state index in [1.807, 2.05) is 24.3 Å². The van der Waals surface area contributed by atoms with Gasteiger partial charge in [0.15, 0.2) is 5.78 Å². The number of hydrogen-bond acceptors (Lipinski definition) is 3. The first-order chi connectivity index (χ1) is 9.65. The van der Waals surface area contributed by atoms with Crippen molar-refractivity contribution in [3.05, 3.63) is 64.2 Å². The highest BCUT2D eigenvalue weighted by molar-refractivity contribution is 6.32. The van der Waals surface area contributed by atoms with E-state index in [2.05, 4.69) is 0 Å². The SMILES string of the molecule is COc1cc(C(=O)c2ccc(CCN)cc2)ccc1Cl. The normalized spacial score (nSPS) is 10.3.